The van der Waals surface area contributed by atoms with E-state index in [2.05, 4.69) is 34.7 Å². The first kappa shape index (κ1) is 21.2. The minimum Gasteiger partial charge on any atom is -0.376 e. The van der Waals surface area contributed by atoms with Gasteiger partial charge in [-0.05, 0) is 31.9 Å². The average molecular weight is 466 g/mol. The van der Waals surface area contributed by atoms with Crippen molar-refractivity contribution in [3.05, 3.63) is 21.9 Å². The number of halogens is 1. The highest BCUT2D eigenvalue weighted by molar-refractivity contribution is 14.0. The summed E-state index contributed by atoms with van der Waals surface area (Å²) in [5, 5.41) is 6.57. The van der Waals surface area contributed by atoms with E-state index in [1.165, 1.54) is 9.75 Å². The predicted molar refractivity (Wildman–Crippen MR) is 109 cm³/mol. The Bertz CT molecular complexity index is 542. The number of thiophene rings is 1. The molecule has 0 spiro atoms. The Morgan fingerprint density at radius 2 is 2.21 bits per heavy atom. The van der Waals surface area contributed by atoms with Gasteiger partial charge in [-0.15, -0.1) is 35.3 Å². The first-order valence-electron chi connectivity index (χ1n) is 7.94. The normalized spacial score (nSPS) is 17.3. The zero-order valence-electron chi connectivity index (χ0n) is 14.5. The minimum atomic E-state index is -0.0183. The van der Waals surface area contributed by atoms with Crippen LogP contribution in [0.3, 0.4) is 0 Å². The summed E-state index contributed by atoms with van der Waals surface area (Å²) in [6, 6.07) is 4.21. The van der Waals surface area contributed by atoms with Crippen LogP contribution in [0, 0.1) is 6.92 Å². The van der Waals surface area contributed by atoms with Crippen LogP contribution < -0.4 is 10.6 Å². The van der Waals surface area contributed by atoms with Crippen LogP contribution in [0.15, 0.2) is 17.1 Å². The largest absolute Gasteiger partial charge is 0.376 e. The first-order chi connectivity index (χ1) is 11.0. The van der Waals surface area contributed by atoms with E-state index in [4.69, 9.17) is 4.74 Å². The summed E-state index contributed by atoms with van der Waals surface area (Å²) in [7, 11) is 3.47. The number of guanidine groups is 1. The standard InChI is InChI=1S/C16H26N4O2S.HI/c1-12-6-7-14(23-12)10-18-16(19-11-15(21)20(2)3)17-9-13-5-4-8-22-13;/h6-7,13H,4-5,8-11H2,1-3H3,(H2,17,18,19);1H. The molecule has 1 saturated heterocycles. The van der Waals surface area contributed by atoms with Crippen molar-refractivity contribution >= 4 is 47.2 Å². The van der Waals surface area contributed by atoms with E-state index in [1.54, 1.807) is 30.3 Å². The molecule has 0 saturated carbocycles. The molecule has 2 heterocycles. The number of aliphatic imine (C=N–C) groups is 1. The van der Waals surface area contributed by atoms with Crippen molar-refractivity contribution in [3.63, 3.8) is 0 Å². The van der Waals surface area contributed by atoms with E-state index in [-0.39, 0.29) is 42.5 Å². The van der Waals surface area contributed by atoms with Crippen LogP contribution in [-0.4, -0.2) is 56.7 Å². The highest BCUT2D eigenvalue weighted by Crippen LogP contribution is 2.14. The summed E-state index contributed by atoms with van der Waals surface area (Å²) in [6.07, 6.45) is 2.41. The third kappa shape index (κ3) is 7.35. The van der Waals surface area contributed by atoms with Gasteiger partial charge in [-0.3, -0.25) is 4.79 Å². The number of likely N-dealkylation sites (N-methyl/N-ethyl adjacent to an activating group) is 1. The van der Waals surface area contributed by atoms with Gasteiger partial charge >= 0.3 is 0 Å². The predicted octanol–water partition coefficient (Wildman–Crippen LogP) is 1.98. The lowest BCUT2D eigenvalue weighted by Crippen LogP contribution is -2.41. The number of nitrogens with zero attached hydrogens (tertiary/aromatic N) is 2. The van der Waals surface area contributed by atoms with Crippen LogP contribution >= 0.6 is 35.3 Å². The lowest BCUT2D eigenvalue weighted by Gasteiger charge is -2.16. The quantitative estimate of drug-likeness (QED) is 0.383. The maximum absolute atomic E-state index is 11.7. The van der Waals surface area contributed by atoms with Crippen LogP contribution in [0.1, 0.15) is 22.6 Å². The van der Waals surface area contributed by atoms with Crippen molar-refractivity contribution in [2.75, 3.05) is 33.8 Å². The Morgan fingerprint density at radius 1 is 1.42 bits per heavy atom. The fourth-order valence-corrected chi connectivity index (χ4v) is 3.06. The van der Waals surface area contributed by atoms with Crippen LogP contribution in [0.5, 0.6) is 0 Å². The molecule has 0 radical (unpaired) electrons. The molecule has 136 valence electrons. The molecule has 2 rings (SSSR count). The molecule has 24 heavy (non-hydrogen) atoms. The lowest BCUT2D eigenvalue weighted by atomic mass is 10.2. The van der Waals surface area contributed by atoms with Gasteiger partial charge in [0.2, 0.25) is 5.91 Å². The molecule has 1 aromatic rings. The van der Waals surface area contributed by atoms with Crippen molar-refractivity contribution < 1.29 is 9.53 Å². The molecular weight excluding hydrogens is 439 g/mol. The van der Waals surface area contributed by atoms with Gasteiger partial charge in [-0.25, -0.2) is 4.99 Å². The average Bonchev–Trinajstić information content (AvgIpc) is 3.17. The number of nitrogens with one attached hydrogen (secondary N) is 2. The Balaban J connectivity index is 0.00000288. The molecule has 1 unspecified atom stereocenters. The van der Waals surface area contributed by atoms with Gasteiger partial charge in [0, 0.05) is 37.0 Å². The Labute approximate surface area is 165 Å². The topological polar surface area (TPSA) is 66.0 Å². The number of aryl methyl sites for hydroxylation is 1. The fourth-order valence-electron chi connectivity index (χ4n) is 2.23. The number of rotatable bonds is 6. The molecule has 2 N–H and O–H groups in total. The third-order valence-corrected chi connectivity index (χ3v) is 4.62. The second-order valence-corrected chi connectivity index (χ2v) is 7.21. The van der Waals surface area contributed by atoms with Crippen molar-refractivity contribution in [2.45, 2.75) is 32.4 Å². The van der Waals surface area contributed by atoms with E-state index in [0.717, 1.165) is 19.4 Å². The number of hydrogen-bond acceptors (Lipinski definition) is 4. The molecule has 1 aliphatic rings. The van der Waals surface area contributed by atoms with Gasteiger partial charge in [0.1, 0.15) is 6.54 Å². The molecule has 1 fully saturated rings. The zero-order valence-corrected chi connectivity index (χ0v) is 17.6. The highest BCUT2D eigenvalue weighted by atomic mass is 127. The van der Waals surface area contributed by atoms with Gasteiger partial charge in [-0.2, -0.15) is 0 Å². The van der Waals surface area contributed by atoms with Crippen LogP contribution in [-0.2, 0) is 16.1 Å². The molecule has 0 bridgehead atoms. The van der Waals surface area contributed by atoms with Crippen molar-refractivity contribution in [1.29, 1.82) is 0 Å². The highest BCUT2D eigenvalue weighted by Gasteiger charge is 2.15. The van der Waals surface area contributed by atoms with Gasteiger partial charge in [0.25, 0.3) is 0 Å². The Morgan fingerprint density at radius 3 is 2.79 bits per heavy atom. The van der Waals surface area contributed by atoms with Crippen LogP contribution in [0.25, 0.3) is 0 Å². The summed E-state index contributed by atoms with van der Waals surface area (Å²) in [5.74, 6) is 0.636. The number of carbonyl (C=O) groups excluding carboxylic acids is 1. The number of ether oxygens (including phenoxy) is 1. The second kappa shape index (κ2) is 10.9. The first-order valence-corrected chi connectivity index (χ1v) is 8.75. The summed E-state index contributed by atoms with van der Waals surface area (Å²) in [5.41, 5.74) is 0. The molecule has 1 aromatic heterocycles. The minimum absolute atomic E-state index is 0. The van der Waals surface area contributed by atoms with Crippen molar-refractivity contribution in [3.8, 4) is 0 Å². The van der Waals surface area contributed by atoms with Gasteiger partial charge in [0.05, 0.1) is 12.6 Å². The molecule has 0 aliphatic carbocycles. The molecule has 1 atom stereocenters. The number of hydrogen-bond donors (Lipinski definition) is 2. The van der Waals surface area contributed by atoms with Crippen molar-refractivity contribution in [1.82, 2.24) is 15.5 Å². The molecule has 0 aromatic carbocycles. The fraction of sp³-hybridized carbons (Fsp3) is 0.625. The number of carbonyl (C=O) groups is 1. The van der Waals surface area contributed by atoms with Crippen LogP contribution in [0.4, 0.5) is 0 Å². The van der Waals surface area contributed by atoms with Gasteiger partial charge < -0.3 is 20.3 Å². The van der Waals surface area contributed by atoms with E-state index >= 15 is 0 Å². The van der Waals surface area contributed by atoms with Crippen molar-refractivity contribution in [2.24, 2.45) is 4.99 Å². The Hall–Kier alpha value is -0.870. The zero-order chi connectivity index (χ0) is 16.7. The number of amides is 1. The maximum atomic E-state index is 11.7. The second-order valence-electron chi connectivity index (χ2n) is 5.83. The smallest absolute Gasteiger partial charge is 0.243 e. The maximum Gasteiger partial charge on any atom is 0.243 e. The Kier molecular flexibility index (Phi) is 9.60. The van der Waals surface area contributed by atoms with Gasteiger partial charge in [0.15, 0.2) is 5.96 Å². The molecular formula is C16H27IN4O2S. The lowest BCUT2D eigenvalue weighted by molar-refractivity contribution is -0.127. The summed E-state index contributed by atoms with van der Waals surface area (Å²) in [6.45, 7) is 4.48. The molecule has 1 amide bonds. The monoisotopic (exact) mass is 466 g/mol. The summed E-state index contributed by atoms with van der Waals surface area (Å²) >= 11 is 1.76. The summed E-state index contributed by atoms with van der Waals surface area (Å²) < 4.78 is 5.61. The van der Waals surface area contributed by atoms with E-state index < -0.39 is 0 Å². The van der Waals surface area contributed by atoms with Gasteiger partial charge in [-0.1, -0.05) is 0 Å². The van der Waals surface area contributed by atoms with Crippen LogP contribution in [0.2, 0.25) is 0 Å². The summed E-state index contributed by atoms with van der Waals surface area (Å²) in [4.78, 5) is 20.2. The van der Waals surface area contributed by atoms with E-state index in [1.807, 2.05) is 0 Å². The SMILES string of the molecule is Cc1ccc(CNC(=NCC(=O)N(C)C)NCC2CCCO2)s1.I. The molecule has 8 heteroatoms. The third-order valence-electron chi connectivity index (χ3n) is 3.62. The molecule has 6 nitrogen and oxygen atoms in total. The van der Waals surface area contributed by atoms with E-state index in [0.29, 0.717) is 19.0 Å². The molecule has 1 aliphatic heterocycles. The van der Waals surface area contributed by atoms with E-state index in [9.17, 15) is 4.79 Å².